The van der Waals surface area contributed by atoms with Crippen molar-refractivity contribution >= 4 is 11.4 Å². The zero-order valence-corrected chi connectivity index (χ0v) is 23.5. The number of aromatic nitrogens is 3. The van der Waals surface area contributed by atoms with Gasteiger partial charge in [0, 0.05) is 49.6 Å². The SMILES string of the molecule is C=COc1ccc(N2CCN(c3ccc(-n4cnn(C(C)C(C)NC(C)c5ccccc5)c4=O)cc3)CC2)cc1. The van der Waals surface area contributed by atoms with Crippen molar-refractivity contribution in [1.82, 2.24) is 19.7 Å². The van der Waals surface area contributed by atoms with Crippen LogP contribution in [0.3, 0.4) is 0 Å². The van der Waals surface area contributed by atoms with Gasteiger partial charge in [0.05, 0.1) is 18.0 Å². The average molecular weight is 539 g/mol. The second-order valence-corrected chi connectivity index (χ2v) is 10.3. The molecule has 3 aromatic carbocycles. The van der Waals surface area contributed by atoms with E-state index in [-0.39, 0.29) is 23.8 Å². The lowest BCUT2D eigenvalue weighted by molar-refractivity contribution is 0.334. The van der Waals surface area contributed by atoms with Crippen molar-refractivity contribution in [3.05, 3.63) is 114 Å². The Bertz CT molecular complexity index is 1440. The summed E-state index contributed by atoms with van der Waals surface area (Å²) >= 11 is 0. The van der Waals surface area contributed by atoms with Crippen molar-refractivity contribution in [2.45, 2.75) is 38.9 Å². The largest absolute Gasteiger partial charge is 0.466 e. The van der Waals surface area contributed by atoms with E-state index >= 15 is 0 Å². The van der Waals surface area contributed by atoms with Gasteiger partial charge >= 0.3 is 5.69 Å². The minimum Gasteiger partial charge on any atom is -0.466 e. The van der Waals surface area contributed by atoms with Gasteiger partial charge in [-0.05, 0) is 74.9 Å². The fourth-order valence-corrected chi connectivity index (χ4v) is 5.23. The van der Waals surface area contributed by atoms with Crippen molar-refractivity contribution in [2.75, 3.05) is 36.0 Å². The molecule has 208 valence electrons. The first-order chi connectivity index (χ1) is 19.4. The minimum atomic E-state index is -0.139. The van der Waals surface area contributed by atoms with E-state index in [9.17, 15) is 4.79 Å². The Labute approximate surface area is 236 Å². The predicted octanol–water partition coefficient (Wildman–Crippen LogP) is 5.18. The Morgan fingerprint density at radius 3 is 1.95 bits per heavy atom. The van der Waals surface area contributed by atoms with Crippen LogP contribution in [-0.4, -0.2) is 46.6 Å². The first kappa shape index (κ1) is 27.3. The van der Waals surface area contributed by atoms with Crippen molar-refractivity contribution < 1.29 is 4.74 Å². The van der Waals surface area contributed by atoms with Gasteiger partial charge in [-0.25, -0.2) is 14.0 Å². The van der Waals surface area contributed by atoms with Crippen LogP contribution in [0.2, 0.25) is 0 Å². The lowest BCUT2D eigenvalue weighted by Gasteiger charge is -2.37. The minimum absolute atomic E-state index is 0.0516. The number of anilines is 2. The fraction of sp³-hybridized carbons (Fsp3) is 0.312. The van der Waals surface area contributed by atoms with E-state index in [1.165, 1.54) is 17.5 Å². The fourth-order valence-electron chi connectivity index (χ4n) is 5.23. The smallest absolute Gasteiger partial charge is 0.350 e. The van der Waals surface area contributed by atoms with E-state index in [1.54, 1.807) is 15.6 Å². The van der Waals surface area contributed by atoms with Gasteiger partial charge in [-0.15, -0.1) is 0 Å². The maximum absolute atomic E-state index is 13.3. The molecule has 1 aliphatic rings. The molecule has 3 unspecified atom stereocenters. The molecule has 2 heterocycles. The molecular formula is C32H38N6O2. The lowest BCUT2D eigenvalue weighted by Crippen LogP contribution is -2.46. The van der Waals surface area contributed by atoms with Gasteiger partial charge in [-0.3, -0.25) is 0 Å². The molecule has 1 N–H and O–H groups in total. The third kappa shape index (κ3) is 5.97. The zero-order chi connectivity index (χ0) is 28.1. The van der Waals surface area contributed by atoms with Crippen LogP contribution in [0.25, 0.3) is 5.69 Å². The van der Waals surface area contributed by atoms with E-state index in [0.717, 1.165) is 43.3 Å². The topological polar surface area (TPSA) is 67.6 Å². The number of benzene rings is 3. The van der Waals surface area contributed by atoms with Crippen LogP contribution >= 0.6 is 0 Å². The van der Waals surface area contributed by atoms with E-state index in [1.807, 2.05) is 49.4 Å². The van der Waals surface area contributed by atoms with Crippen LogP contribution < -0.4 is 25.5 Å². The summed E-state index contributed by atoms with van der Waals surface area (Å²) in [6.07, 6.45) is 3.06. The van der Waals surface area contributed by atoms with Crippen LogP contribution in [0.4, 0.5) is 11.4 Å². The Morgan fingerprint density at radius 1 is 0.825 bits per heavy atom. The summed E-state index contributed by atoms with van der Waals surface area (Å²) in [6.45, 7) is 13.6. The van der Waals surface area contributed by atoms with Crippen LogP contribution in [0.15, 0.2) is 103 Å². The standard InChI is InChI=1S/C32H38N6O2/c1-5-40-31-17-15-29(16-18-31)36-21-19-35(20-22-36)28-11-13-30(14-12-28)37-23-33-38(32(37)39)26(4)24(2)34-25(3)27-9-7-6-8-10-27/h5-18,23-26,34H,1,19-22H2,2-4H3. The van der Waals surface area contributed by atoms with Gasteiger partial charge in [-0.2, -0.15) is 5.10 Å². The molecule has 0 spiro atoms. The number of rotatable bonds is 10. The first-order valence-corrected chi connectivity index (χ1v) is 13.9. The van der Waals surface area contributed by atoms with Crippen LogP contribution in [0.5, 0.6) is 5.75 Å². The third-order valence-electron chi connectivity index (χ3n) is 7.81. The van der Waals surface area contributed by atoms with Gasteiger partial charge in [-0.1, -0.05) is 36.9 Å². The zero-order valence-electron chi connectivity index (χ0n) is 23.5. The van der Waals surface area contributed by atoms with Gasteiger partial charge in [0.15, 0.2) is 0 Å². The molecule has 8 heteroatoms. The number of nitrogens with one attached hydrogen (secondary N) is 1. The highest BCUT2D eigenvalue weighted by molar-refractivity contribution is 5.54. The summed E-state index contributed by atoms with van der Waals surface area (Å²) in [5.74, 6) is 0.792. The van der Waals surface area contributed by atoms with E-state index in [4.69, 9.17) is 4.74 Å². The molecule has 0 aliphatic carbocycles. The van der Waals surface area contributed by atoms with E-state index < -0.39 is 0 Å². The molecular weight excluding hydrogens is 500 g/mol. The van der Waals surface area contributed by atoms with E-state index in [2.05, 4.69) is 77.0 Å². The lowest BCUT2D eigenvalue weighted by atomic mass is 10.1. The molecule has 1 saturated heterocycles. The van der Waals surface area contributed by atoms with Crippen molar-refractivity contribution in [2.24, 2.45) is 0 Å². The number of piperazine rings is 1. The van der Waals surface area contributed by atoms with E-state index in [0.29, 0.717) is 0 Å². The number of hydrogen-bond acceptors (Lipinski definition) is 6. The highest BCUT2D eigenvalue weighted by Gasteiger charge is 2.22. The Hall–Kier alpha value is -4.30. The van der Waals surface area contributed by atoms with Crippen LogP contribution in [0.1, 0.15) is 38.4 Å². The van der Waals surface area contributed by atoms with Gasteiger partial charge in [0.25, 0.3) is 0 Å². The average Bonchev–Trinajstić information content (AvgIpc) is 3.39. The number of hydrogen-bond donors (Lipinski definition) is 1. The van der Waals surface area contributed by atoms with Crippen LogP contribution in [0, 0.1) is 0 Å². The summed E-state index contributed by atoms with van der Waals surface area (Å²) in [7, 11) is 0. The highest BCUT2D eigenvalue weighted by atomic mass is 16.5. The van der Waals surface area contributed by atoms with Gasteiger partial charge in [0.1, 0.15) is 12.1 Å². The second kappa shape index (κ2) is 12.3. The normalized spacial score (nSPS) is 15.9. The highest BCUT2D eigenvalue weighted by Crippen LogP contribution is 2.24. The third-order valence-corrected chi connectivity index (χ3v) is 7.81. The molecule has 0 amide bonds. The molecule has 40 heavy (non-hydrogen) atoms. The Kier molecular flexibility index (Phi) is 8.36. The molecule has 1 aliphatic heterocycles. The Morgan fingerprint density at radius 2 is 1.38 bits per heavy atom. The maximum atomic E-state index is 13.3. The van der Waals surface area contributed by atoms with Crippen molar-refractivity contribution in [3.63, 3.8) is 0 Å². The summed E-state index contributed by atoms with van der Waals surface area (Å²) in [5, 5.41) is 8.07. The molecule has 1 fully saturated rings. The van der Waals surface area contributed by atoms with Crippen LogP contribution in [-0.2, 0) is 0 Å². The number of nitrogens with zero attached hydrogens (tertiary/aromatic N) is 5. The molecule has 1 aromatic heterocycles. The maximum Gasteiger partial charge on any atom is 0.350 e. The molecule has 0 bridgehead atoms. The molecule has 5 rings (SSSR count). The van der Waals surface area contributed by atoms with Gasteiger partial charge < -0.3 is 19.9 Å². The predicted molar refractivity (Wildman–Crippen MR) is 162 cm³/mol. The molecule has 8 nitrogen and oxygen atoms in total. The molecule has 0 saturated carbocycles. The molecule has 3 atom stereocenters. The summed E-state index contributed by atoms with van der Waals surface area (Å²) in [5.41, 5.74) is 4.23. The second-order valence-electron chi connectivity index (χ2n) is 10.3. The molecule has 4 aromatic rings. The number of ether oxygens (including phenoxy) is 1. The first-order valence-electron chi connectivity index (χ1n) is 13.9. The monoisotopic (exact) mass is 538 g/mol. The summed E-state index contributed by atoms with van der Waals surface area (Å²) in [4.78, 5) is 18.1. The summed E-state index contributed by atoms with van der Waals surface area (Å²) in [6, 6.07) is 26.7. The van der Waals surface area contributed by atoms with Crippen molar-refractivity contribution in [3.8, 4) is 11.4 Å². The Balaban J connectivity index is 1.20. The van der Waals surface area contributed by atoms with Gasteiger partial charge in [0.2, 0.25) is 0 Å². The molecule has 0 radical (unpaired) electrons. The quantitative estimate of drug-likeness (QED) is 0.281. The summed E-state index contributed by atoms with van der Waals surface area (Å²) < 4.78 is 8.52. The van der Waals surface area contributed by atoms with Crippen molar-refractivity contribution in [1.29, 1.82) is 0 Å².